The van der Waals surface area contributed by atoms with Crippen LogP contribution in [0.5, 0.6) is 0 Å². The van der Waals surface area contributed by atoms with E-state index in [2.05, 4.69) is 9.97 Å². The van der Waals surface area contributed by atoms with E-state index in [9.17, 15) is 4.79 Å². The average Bonchev–Trinajstić information content (AvgIpc) is 2.93. The third kappa shape index (κ3) is 2.02. The Labute approximate surface area is 108 Å². The van der Waals surface area contributed by atoms with Crippen LogP contribution in [0, 0.1) is 0 Å². The SMILES string of the molecule is O=C(Cc1ccnc2ccccc12)c1cscn1. The quantitative estimate of drug-likeness (QED) is 0.674. The minimum atomic E-state index is 0.0487. The van der Waals surface area contributed by atoms with Crippen molar-refractivity contribution in [2.45, 2.75) is 6.42 Å². The van der Waals surface area contributed by atoms with Gasteiger partial charge in [-0.25, -0.2) is 4.98 Å². The third-order valence-electron chi connectivity index (χ3n) is 2.81. The number of ketones is 1. The Morgan fingerprint density at radius 2 is 2.06 bits per heavy atom. The van der Waals surface area contributed by atoms with Gasteiger partial charge < -0.3 is 0 Å². The molecule has 0 aliphatic carbocycles. The van der Waals surface area contributed by atoms with Crippen molar-refractivity contribution in [3.8, 4) is 0 Å². The normalized spacial score (nSPS) is 10.7. The Hall–Kier alpha value is -2.07. The Bertz CT molecular complexity index is 687. The molecule has 0 saturated carbocycles. The van der Waals surface area contributed by atoms with E-state index in [1.807, 2.05) is 30.3 Å². The Kier molecular flexibility index (Phi) is 2.86. The zero-order valence-corrected chi connectivity index (χ0v) is 10.4. The van der Waals surface area contributed by atoms with Gasteiger partial charge in [0, 0.05) is 23.4 Å². The first-order valence-electron chi connectivity index (χ1n) is 5.58. The van der Waals surface area contributed by atoms with E-state index in [0.29, 0.717) is 12.1 Å². The van der Waals surface area contributed by atoms with Crippen LogP contribution in [-0.2, 0) is 6.42 Å². The summed E-state index contributed by atoms with van der Waals surface area (Å²) in [6.45, 7) is 0. The molecule has 2 aromatic heterocycles. The Balaban J connectivity index is 1.98. The predicted octanol–water partition coefficient (Wildman–Crippen LogP) is 3.12. The molecule has 0 aliphatic rings. The summed E-state index contributed by atoms with van der Waals surface area (Å²) in [6, 6.07) is 9.74. The average molecular weight is 254 g/mol. The van der Waals surface area contributed by atoms with E-state index >= 15 is 0 Å². The molecule has 18 heavy (non-hydrogen) atoms. The van der Waals surface area contributed by atoms with Gasteiger partial charge in [0.2, 0.25) is 0 Å². The molecule has 0 atom stereocenters. The minimum Gasteiger partial charge on any atom is -0.292 e. The van der Waals surface area contributed by atoms with Crippen LogP contribution in [0.4, 0.5) is 0 Å². The van der Waals surface area contributed by atoms with E-state index in [1.165, 1.54) is 11.3 Å². The summed E-state index contributed by atoms with van der Waals surface area (Å²) in [7, 11) is 0. The summed E-state index contributed by atoms with van der Waals surface area (Å²) in [5.74, 6) is 0.0487. The zero-order chi connectivity index (χ0) is 12.4. The first kappa shape index (κ1) is 11.0. The molecule has 4 heteroatoms. The van der Waals surface area contributed by atoms with Gasteiger partial charge in [-0.2, -0.15) is 0 Å². The minimum absolute atomic E-state index is 0.0487. The van der Waals surface area contributed by atoms with Crippen LogP contribution >= 0.6 is 11.3 Å². The number of pyridine rings is 1. The maximum absolute atomic E-state index is 12.0. The smallest absolute Gasteiger partial charge is 0.186 e. The fourth-order valence-electron chi connectivity index (χ4n) is 1.92. The molecule has 0 saturated heterocycles. The van der Waals surface area contributed by atoms with Gasteiger partial charge in [0.25, 0.3) is 0 Å². The Morgan fingerprint density at radius 1 is 1.17 bits per heavy atom. The van der Waals surface area contributed by atoms with E-state index in [1.54, 1.807) is 17.1 Å². The Morgan fingerprint density at radius 3 is 2.89 bits per heavy atom. The summed E-state index contributed by atoms with van der Waals surface area (Å²) in [5, 5.41) is 2.81. The highest BCUT2D eigenvalue weighted by Gasteiger charge is 2.11. The van der Waals surface area contributed by atoms with E-state index in [4.69, 9.17) is 0 Å². The lowest BCUT2D eigenvalue weighted by Gasteiger charge is -2.04. The van der Waals surface area contributed by atoms with Gasteiger partial charge in [-0.05, 0) is 17.7 Å². The highest BCUT2D eigenvalue weighted by molar-refractivity contribution is 7.07. The van der Waals surface area contributed by atoms with Crippen LogP contribution in [0.15, 0.2) is 47.4 Å². The summed E-state index contributed by atoms with van der Waals surface area (Å²) in [6.07, 6.45) is 2.11. The largest absolute Gasteiger partial charge is 0.292 e. The molecular weight excluding hydrogens is 244 g/mol. The van der Waals surface area contributed by atoms with Crippen molar-refractivity contribution in [1.29, 1.82) is 0 Å². The van der Waals surface area contributed by atoms with Gasteiger partial charge in [-0.3, -0.25) is 9.78 Å². The summed E-state index contributed by atoms with van der Waals surface area (Å²) < 4.78 is 0. The summed E-state index contributed by atoms with van der Waals surface area (Å²) >= 11 is 1.44. The van der Waals surface area contributed by atoms with Crippen LogP contribution in [0.25, 0.3) is 10.9 Å². The lowest BCUT2D eigenvalue weighted by atomic mass is 10.0. The fraction of sp³-hybridized carbons (Fsp3) is 0.0714. The molecule has 0 spiro atoms. The number of carbonyl (C=O) groups is 1. The van der Waals surface area contributed by atoms with E-state index in [0.717, 1.165) is 16.5 Å². The number of thiazole rings is 1. The van der Waals surface area contributed by atoms with Crippen molar-refractivity contribution in [1.82, 2.24) is 9.97 Å². The number of fused-ring (bicyclic) bond motifs is 1. The molecule has 0 aliphatic heterocycles. The standard InChI is InChI=1S/C14H10N2OS/c17-14(13-8-18-9-16-13)7-10-5-6-15-12-4-2-1-3-11(10)12/h1-6,8-9H,7H2. The van der Waals surface area contributed by atoms with Crippen LogP contribution in [0.1, 0.15) is 16.1 Å². The van der Waals surface area contributed by atoms with Crippen molar-refractivity contribution >= 4 is 28.0 Å². The van der Waals surface area contributed by atoms with Gasteiger partial charge in [-0.15, -0.1) is 11.3 Å². The fourth-order valence-corrected chi connectivity index (χ4v) is 2.48. The van der Waals surface area contributed by atoms with Crippen molar-refractivity contribution < 1.29 is 4.79 Å². The highest BCUT2D eigenvalue weighted by Crippen LogP contribution is 2.18. The number of Topliss-reactive ketones (excluding diaryl/α,β-unsaturated/α-hetero) is 1. The van der Waals surface area contributed by atoms with Crippen molar-refractivity contribution in [3.05, 3.63) is 58.7 Å². The number of carbonyl (C=O) groups excluding carboxylic acids is 1. The van der Waals surface area contributed by atoms with Crippen LogP contribution < -0.4 is 0 Å². The number of hydrogen-bond acceptors (Lipinski definition) is 4. The molecule has 0 amide bonds. The van der Waals surface area contributed by atoms with Crippen LogP contribution in [0.3, 0.4) is 0 Å². The molecule has 2 heterocycles. The molecule has 3 aromatic rings. The number of nitrogens with zero attached hydrogens (tertiary/aromatic N) is 2. The molecule has 3 rings (SSSR count). The van der Waals surface area contributed by atoms with Gasteiger partial charge >= 0.3 is 0 Å². The van der Waals surface area contributed by atoms with Crippen LogP contribution in [0.2, 0.25) is 0 Å². The number of para-hydroxylation sites is 1. The number of hydrogen-bond donors (Lipinski definition) is 0. The van der Waals surface area contributed by atoms with E-state index < -0.39 is 0 Å². The van der Waals surface area contributed by atoms with Gasteiger partial charge in [0.05, 0.1) is 11.0 Å². The van der Waals surface area contributed by atoms with Crippen molar-refractivity contribution in [2.75, 3.05) is 0 Å². The van der Waals surface area contributed by atoms with Crippen molar-refractivity contribution in [2.24, 2.45) is 0 Å². The summed E-state index contributed by atoms with van der Waals surface area (Å²) in [5.41, 5.74) is 4.14. The lowest BCUT2D eigenvalue weighted by molar-refractivity contribution is 0.0989. The maximum Gasteiger partial charge on any atom is 0.186 e. The van der Waals surface area contributed by atoms with Gasteiger partial charge in [-0.1, -0.05) is 18.2 Å². The second-order valence-electron chi connectivity index (χ2n) is 3.96. The van der Waals surface area contributed by atoms with E-state index in [-0.39, 0.29) is 5.78 Å². The first-order chi connectivity index (χ1) is 8.84. The number of rotatable bonds is 3. The van der Waals surface area contributed by atoms with Gasteiger partial charge in [0.1, 0.15) is 5.69 Å². The second kappa shape index (κ2) is 4.66. The second-order valence-corrected chi connectivity index (χ2v) is 4.68. The first-order valence-corrected chi connectivity index (χ1v) is 6.53. The summed E-state index contributed by atoms with van der Waals surface area (Å²) in [4.78, 5) is 20.4. The third-order valence-corrected chi connectivity index (χ3v) is 3.39. The number of aromatic nitrogens is 2. The topological polar surface area (TPSA) is 42.9 Å². The monoisotopic (exact) mass is 254 g/mol. The zero-order valence-electron chi connectivity index (χ0n) is 9.54. The molecule has 0 bridgehead atoms. The van der Waals surface area contributed by atoms with Crippen molar-refractivity contribution in [3.63, 3.8) is 0 Å². The highest BCUT2D eigenvalue weighted by atomic mass is 32.1. The molecular formula is C14H10N2OS. The number of benzene rings is 1. The lowest BCUT2D eigenvalue weighted by Crippen LogP contribution is -2.04. The molecule has 1 aromatic carbocycles. The molecule has 0 radical (unpaired) electrons. The predicted molar refractivity (Wildman–Crippen MR) is 71.9 cm³/mol. The molecule has 0 unspecified atom stereocenters. The molecule has 3 nitrogen and oxygen atoms in total. The molecule has 0 N–H and O–H groups in total. The van der Waals surface area contributed by atoms with Crippen LogP contribution in [-0.4, -0.2) is 15.8 Å². The van der Waals surface area contributed by atoms with Gasteiger partial charge in [0.15, 0.2) is 5.78 Å². The molecule has 88 valence electrons. The molecule has 0 fully saturated rings. The maximum atomic E-state index is 12.0.